The molecule has 1 heterocycles. The van der Waals surface area contributed by atoms with Gasteiger partial charge in [-0.1, -0.05) is 32.8 Å². The summed E-state index contributed by atoms with van der Waals surface area (Å²) >= 11 is 0. The largest absolute Gasteiger partial charge is 0.385 e. The minimum atomic E-state index is -3.38. The highest BCUT2D eigenvalue weighted by Crippen LogP contribution is 2.25. The number of aryl methyl sites for hydroxylation is 1. The van der Waals surface area contributed by atoms with Gasteiger partial charge in [0.1, 0.15) is 0 Å². The van der Waals surface area contributed by atoms with Crippen LogP contribution in [0, 0.1) is 5.92 Å². The SMILES string of the molecule is CC(C)CCCCNS(=O)(=O)c1ccc2c(c1)NCCC2. The third-order valence-electron chi connectivity index (χ3n) is 3.83. The maximum Gasteiger partial charge on any atom is 0.240 e. The fraction of sp³-hybridized carbons (Fsp3) is 0.625. The van der Waals surface area contributed by atoms with Crippen LogP contribution >= 0.6 is 0 Å². The first-order valence-electron chi connectivity index (χ1n) is 7.85. The number of sulfonamides is 1. The van der Waals surface area contributed by atoms with Gasteiger partial charge in [-0.15, -0.1) is 0 Å². The zero-order chi connectivity index (χ0) is 15.3. The Morgan fingerprint density at radius 1 is 1.29 bits per heavy atom. The van der Waals surface area contributed by atoms with Gasteiger partial charge >= 0.3 is 0 Å². The second-order valence-electron chi connectivity index (χ2n) is 6.14. The normalized spacial score (nSPS) is 14.8. The molecule has 2 N–H and O–H groups in total. The monoisotopic (exact) mass is 310 g/mol. The molecule has 0 bridgehead atoms. The molecule has 1 aromatic carbocycles. The molecule has 0 amide bonds. The van der Waals surface area contributed by atoms with Crippen LogP contribution in [0.5, 0.6) is 0 Å². The average Bonchev–Trinajstić information content (AvgIpc) is 2.46. The van der Waals surface area contributed by atoms with Crippen LogP contribution in [0.4, 0.5) is 5.69 Å². The quantitative estimate of drug-likeness (QED) is 0.761. The summed E-state index contributed by atoms with van der Waals surface area (Å²) in [6.45, 7) is 5.80. The summed E-state index contributed by atoms with van der Waals surface area (Å²) < 4.78 is 27.3. The third kappa shape index (κ3) is 4.71. The van der Waals surface area contributed by atoms with E-state index in [9.17, 15) is 8.42 Å². The zero-order valence-corrected chi connectivity index (χ0v) is 13.8. The Morgan fingerprint density at radius 3 is 2.86 bits per heavy atom. The molecule has 0 aliphatic carbocycles. The van der Waals surface area contributed by atoms with Gasteiger partial charge in [0.05, 0.1) is 4.90 Å². The molecule has 0 saturated heterocycles. The van der Waals surface area contributed by atoms with Gasteiger partial charge in [0, 0.05) is 18.8 Å². The summed E-state index contributed by atoms with van der Waals surface area (Å²) in [5.74, 6) is 0.674. The Kier molecular flexibility index (Phi) is 5.65. The van der Waals surface area contributed by atoms with Crippen LogP contribution in [0.15, 0.2) is 23.1 Å². The lowest BCUT2D eigenvalue weighted by Crippen LogP contribution is -2.25. The Bertz CT molecular complexity index is 568. The Morgan fingerprint density at radius 2 is 2.10 bits per heavy atom. The second-order valence-corrected chi connectivity index (χ2v) is 7.90. The maximum atomic E-state index is 12.3. The van der Waals surface area contributed by atoms with E-state index >= 15 is 0 Å². The van der Waals surface area contributed by atoms with Gasteiger partial charge in [-0.3, -0.25) is 0 Å². The van der Waals surface area contributed by atoms with E-state index in [1.54, 1.807) is 12.1 Å². The summed E-state index contributed by atoms with van der Waals surface area (Å²) in [6, 6.07) is 5.39. The van der Waals surface area contributed by atoms with Crippen LogP contribution in [0.2, 0.25) is 0 Å². The van der Waals surface area contributed by atoms with E-state index in [0.717, 1.165) is 44.3 Å². The Labute approximate surface area is 128 Å². The number of fused-ring (bicyclic) bond motifs is 1. The van der Waals surface area contributed by atoms with Crippen molar-refractivity contribution in [1.82, 2.24) is 4.72 Å². The van der Waals surface area contributed by atoms with Crippen LogP contribution in [-0.2, 0) is 16.4 Å². The first kappa shape index (κ1) is 16.3. The molecule has 5 heteroatoms. The highest BCUT2D eigenvalue weighted by Gasteiger charge is 2.16. The maximum absolute atomic E-state index is 12.3. The van der Waals surface area contributed by atoms with E-state index in [-0.39, 0.29) is 0 Å². The average molecular weight is 310 g/mol. The van der Waals surface area contributed by atoms with Crippen molar-refractivity contribution in [2.45, 2.75) is 50.8 Å². The molecule has 0 spiro atoms. The predicted octanol–water partition coefficient (Wildman–Crippen LogP) is 3.15. The zero-order valence-electron chi connectivity index (χ0n) is 13.0. The molecule has 0 fully saturated rings. The minimum Gasteiger partial charge on any atom is -0.385 e. The Balaban J connectivity index is 1.93. The second kappa shape index (κ2) is 7.27. The number of hydrogen-bond acceptors (Lipinski definition) is 3. The topological polar surface area (TPSA) is 58.2 Å². The molecule has 0 saturated carbocycles. The van der Waals surface area contributed by atoms with Gasteiger partial charge in [-0.25, -0.2) is 13.1 Å². The third-order valence-corrected chi connectivity index (χ3v) is 5.29. The summed E-state index contributed by atoms with van der Waals surface area (Å²) in [7, 11) is -3.38. The number of anilines is 1. The number of nitrogens with one attached hydrogen (secondary N) is 2. The van der Waals surface area contributed by atoms with Crippen LogP contribution in [0.1, 0.15) is 45.1 Å². The van der Waals surface area contributed by atoms with E-state index in [4.69, 9.17) is 0 Å². The molecule has 0 aromatic heterocycles. The summed E-state index contributed by atoms with van der Waals surface area (Å²) in [6.07, 6.45) is 5.22. The van der Waals surface area contributed by atoms with Crippen molar-refractivity contribution in [3.63, 3.8) is 0 Å². The summed E-state index contributed by atoms with van der Waals surface area (Å²) in [4.78, 5) is 0.361. The molecular formula is C16H26N2O2S. The number of unbranched alkanes of at least 4 members (excludes halogenated alkanes) is 1. The fourth-order valence-corrected chi connectivity index (χ4v) is 3.67. The van der Waals surface area contributed by atoms with E-state index in [2.05, 4.69) is 23.9 Å². The van der Waals surface area contributed by atoms with Crippen LogP contribution < -0.4 is 10.0 Å². The molecule has 0 radical (unpaired) electrons. The summed E-state index contributed by atoms with van der Waals surface area (Å²) in [5.41, 5.74) is 2.17. The van der Waals surface area contributed by atoms with Crippen molar-refractivity contribution in [2.75, 3.05) is 18.4 Å². The van der Waals surface area contributed by atoms with E-state index in [1.807, 2.05) is 6.07 Å². The summed E-state index contributed by atoms with van der Waals surface area (Å²) in [5, 5.41) is 3.27. The smallest absolute Gasteiger partial charge is 0.240 e. The molecular weight excluding hydrogens is 284 g/mol. The van der Waals surface area contributed by atoms with Gasteiger partial charge in [0.2, 0.25) is 10.0 Å². The molecule has 118 valence electrons. The van der Waals surface area contributed by atoms with E-state index in [0.29, 0.717) is 17.4 Å². The molecule has 0 atom stereocenters. The van der Waals surface area contributed by atoms with Crippen molar-refractivity contribution in [2.24, 2.45) is 5.92 Å². The van der Waals surface area contributed by atoms with Crippen LogP contribution in [0.25, 0.3) is 0 Å². The van der Waals surface area contributed by atoms with E-state index < -0.39 is 10.0 Å². The molecule has 1 aliphatic rings. The molecule has 1 aliphatic heterocycles. The number of rotatable bonds is 7. The first-order valence-corrected chi connectivity index (χ1v) is 9.34. The van der Waals surface area contributed by atoms with Gasteiger partial charge in [0.25, 0.3) is 0 Å². The molecule has 21 heavy (non-hydrogen) atoms. The molecule has 1 aromatic rings. The van der Waals surface area contributed by atoms with Crippen molar-refractivity contribution in [3.05, 3.63) is 23.8 Å². The van der Waals surface area contributed by atoms with E-state index in [1.165, 1.54) is 5.56 Å². The highest BCUT2D eigenvalue weighted by molar-refractivity contribution is 7.89. The predicted molar refractivity (Wildman–Crippen MR) is 87.1 cm³/mol. The standard InChI is InChI=1S/C16H26N2O2S/c1-13(2)6-3-4-11-18-21(19,20)15-9-8-14-7-5-10-17-16(14)12-15/h8-9,12-13,17-18H,3-7,10-11H2,1-2H3. The number of hydrogen-bond donors (Lipinski definition) is 2. The van der Waals surface area contributed by atoms with Crippen molar-refractivity contribution in [3.8, 4) is 0 Å². The van der Waals surface area contributed by atoms with Gasteiger partial charge in [0.15, 0.2) is 0 Å². The van der Waals surface area contributed by atoms with Crippen molar-refractivity contribution >= 4 is 15.7 Å². The van der Waals surface area contributed by atoms with Gasteiger partial charge in [-0.2, -0.15) is 0 Å². The molecule has 0 unspecified atom stereocenters. The minimum absolute atomic E-state index is 0.361. The lowest BCUT2D eigenvalue weighted by Gasteiger charge is -2.18. The van der Waals surface area contributed by atoms with Crippen molar-refractivity contribution in [1.29, 1.82) is 0 Å². The lowest BCUT2D eigenvalue weighted by molar-refractivity contribution is 0.530. The number of benzene rings is 1. The Hall–Kier alpha value is -1.07. The van der Waals surface area contributed by atoms with Crippen LogP contribution in [-0.4, -0.2) is 21.5 Å². The first-order chi connectivity index (χ1) is 9.99. The fourth-order valence-electron chi connectivity index (χ4n) is 2.57. The highest BCUT2D eigenvalue weighted by atomic mass is 32.2. The van der Waals surface area contributed by atoms with Crippen molar-refractivity contribution < 1.29 is 8.42 Å². The van der Waals surface area contributed by atoms with Crippen LogP contribution in [0.3, 0.4) is 0 Å². The van der Waals surface area contributed by atoms with Gasteiger partial charge < -0.3 is 5.32 Å². The molecule has 2 rings (SSSR count). The van der Waals surface area contributed by atoms with Gasteiger partial charge in [-0.05, 0) is 42.9 Å². The lowest BCUT2D eigenvalue weighted by atomic mass is 10.0. The molecule has 4 nitrogen and oxygen atoms in total.